The third-order valence-corrected chi connectivity index (χ3v) is 9.59. The van der Waals surface area contributed by atoms with E-state index in [2.05, 4.69) is 205 Å². The van der Waals surface area contributed by atoms with Gasteiger partial charge >= 0.3 is 0 Å². The van der Waals surface area contributed by atoms with Crippen molar-refractivity contribution in [1.29, 1.82) is 0 Å². The molecule has 6 aromatic carbocycles. The Hall–Kier alpha value is -5.51. The van der Waals surface area contributed by atoms with E-state index in [1.165, 1.54) is 33.4 Å². The SMILES string of the molecule is CCC(Cc1cn(C(c2ccccc2)(c2ccccc2)c2ccccc2)cn1)NC(c1ccccc1)(c1ccccc1)c1ccccc1. The standard InChI is InChI=1S/C45H41N3/c1-2-42(47-44(36-21-9-3-10-22-36,37-23-11-4-12-24-37)38-25-13-5-14-26-38)33-43-34-48(35-46-43)45(39-27-15-6-16-28-39,40-29-17-7-18-30-40)41-31-19-8-20-32-41/h3-32,34-35,42,47H,2,33H2,1H3. The second-order valence-corrected chi connectivity index (χ2v) is 12.4. The third kappa shape index (κ3) is 5.78. The highest BCUT2D eigenvalue weighted by molar-refractivity contribution is 5.52. The van der Waals surface area contributed by atoms with Crippen LogP contribution in [0.15, 0.2) is 195 Å². The molecule has 0 amide bonds. The van der Waals surface area contributed by atoms with Crippen LogP contribution in [-0.2, 0) is 17.5 Å². The topological polar surface area (TPSA) is 29.9 Å². The molecular weight excluding hydrogens is 583 g/mol. The van der Waals surface area contributed by atoms with Gasteiger partial charge < -0.3 is 4.57 Å². The molecule has 7 rings (SSSR count). The number of aromatic nitrogens is 2. The van der Waals surface area contributed by atoms with E-state index in [9.17, 15) is 0 Å². The summed E-state index contributed by atoms with van der Waals surface area (Å²) in [4.78, 5) is 5.12. The zero-order valence-electron chi connectivity index (χ0n) is 27.4. The fraction of sp³-hybridized carbons (Fsp3) is 0.133. The van der Waals surface area contributed by atoms with Gasteiger partial charge in [-0.3, -0.25) is 5.32 Å². The van der Waals surface area contributed by atoms with Crippen molar-refractivity contribution >= 4 is 0 Å². The fourth-order valence-corrected chi connectivity index (χ4v) is 7.31. The smallest absolute Gasteiger partial charge is 0.121 e. The lowest BCUT2D eigenvalue weighted by molar-refractivity contribution is 0.377. The minimum atomic E-state index is -0.591. The first kappa shape index (κ1) is 31.1. The first-order valence-electron chi connectivity index (χ1n) is 16.9. The highest BCUT2D eigenvalue weighted by atomic mass is 15.1. The summed E-state index contributed by atoms with van der Waals surface area (Å²) in [7, 11) is 0. The molecule has 0 spiro atoms. The monoisotopic (exact) mass is 623 g/mol. The van der Waals surface area contributed by atoms with E-state index in [4.69, 9.17) is 4.98 Å². The van der Waals surface area contributed by atoms with Crippen LogP contribution in [0.3, 0.4) is 0 Å². The summed E-state index contributed by atoms with van der Waals surface area (Å²) in [5, 5.41) is 4.21. The number of nitrogens with one attached hydrogen (secondary N) is 1. The summed E-state index contributed by atoms with van der Waals surface area (Å²) in [6.07, 6.45) is 5.98. The van der Waals surface area contributed by atoms with Crippen molar-refractivity contribution in [3.8, 4) is 0 Å². The van der Waals surface area contributed by atoms with E-state index >= 15 is 0 Å². The van der Waals surface area contributed by atoms with Crippen molar-refractivity contribution in [1.82, 2.24) is 14.9 Å². The molecule has 3 heteroatoms. The number of rotatable bonds is 12. The Morgan fingerprint density at radius 2 is 0.833 bits per heavy atom. The highest BCUT2D eigenvalue weighted by Gasteiger charge is 2.40. The van der Waals surface area contributed by atoms with Gasteiger partial charge in [-0.05, 0) is 39.8 Å². The van der Waals surface area contributed by atoms with Crippen molar-refractivity contribution in [2.75, 3.05) is 0 Å². The zero-order chi connectivity index (χ0) is 32.7. The second kappa shape index (κ2) is 14.1. The van der Waals surface area contributed by atoms with Gasteiger partial charge in [-0.2, -0.15) is 0 Å². The molecule has 7 aromatic rings. The van der Waals surface area contributed by atoms with E-state index in [1.54, 1.807) is 0 Å². The van der Waals surface area contributed by atoms with Crippen molar-refractivity contribution in [3.05, 3.63) is 234 Å². The van der Waals surface area contributed by atoms with Crippen LogP contribution in [0.2, 0.25) is 0 Å². The van der Waals surface area contributed by atoms with E-state index in [-0.39, 0.29) is 6.04 Å². The van der Waals surface area contributed by atoms with E-state index in [1.807, 2.05) is 6.33 Å². The van der Waals surface area contributed by atoms with Crippen LogP contribution < -0.4 is 5.32 Å². The normalized spacial score (nSPS) is 12.4. The molecule has 0 aliphatic heterocycles. The largest absolute Gasteiger partial charge is 0.319 e. The number of imidazole rings is 1. The lowest BCUT2D eigenvalue weighted by Crippen LogP contribution is -2.50. The minimum absolute atomic E-state index is 0.133. The maximum Gasteiger partial charge on any atom is 0.121 e. The van der Waals surface area contributed by atoms with Crippen LogP contribution in [0.1, 0.15) is 52.4 Å². The Labute approximate surface area is 284 Å². The molecule has 1 unspecified atom stereocenters. The van der Waals surface area contributed by atoms with Crippen LogP contribution in [0.25, 0.3) is 0 Å². The lowest BCUT2D eigenvalue weighted by Gasteiger charge is -2.40. The predicted molar refractivity (Wildman–Crippen MR) is 197 cm³/mol. The Bertz CT molecular complexity index is 1800. The third-order valence-electron chi connectivity index (χ3n) is 9.59. The molecule has 0 saturated carbocycles. The van der Waals surface area contributed by atoms with Crippen molar-refractivity contribution in [2.45, 2.75) is 36.9 Å². The second-order valence-electron chi connectivity index (χ2n) is 12.4. The van der Waals surface area contributed by atoms with Gasteiger partial charge in [-0.1, -0.05) is 189 Å². The molecule has 0 aliphatic rings. The summed E-state index contributed by atoms with van der Waals surface area (Å²) < 4.78 is 2.31. The molecule has 1 aromatic heterocycles. The quantitative estimate of drug-likeness (QED) is 0.137. The molecule has 1 atom stereocenters. The van der Waals surface area contributed by atoms with Gasteiger partial charge in [0.05, 0.1) is 17.6 Å². The van der Waals surface area contributed by atoms with Gasteiger partial charge in [-0.15, -0.1) is 0 Å². The zero-order valence-corrected chi connectivity index (χ0v) is 27.4. The van der Waals surface area contributed by atoms with E-state index < -0.39 is 11.1 Å². The molecule has 1 N–H and O–H groups in total. The predicted octanol–water partition coefficient (Wildman–Crippen LogP) is 9.63. The molecule has 0 fully saturated rings. The van der Waals surface area contributed by atoms with Gasteiger partial charge in [0.1, 0.15) is 5.54 Å². The maximum atomic E-state index is 5.12. The van der Waals surface area contributed by atoms with Crippen LogP contribution in [0.5, 0.6) is 0 Å². The molecule has 3 nitrogen and oxygen atoms in total. The Balaban J connectivity index is 1.33. The average molecular weight is 624 g/mol. The summed E-state index contributed by atoms with van der Waals surface area (Å²) in [6, 6.07) is 65.0. The summed E-state index contributed by atoms with van der Waals surface area (Å²) in [6.45, 7) is 2.27. The summed E-state index contributed by atoms with van der Waals surface area (Å²) in [5.74, 6) is 0. The number of benzene rings is 6. The maximum absolute atomic E-state index is 5.12. The molecule has 0 radical (unpaired) electrons. The summed E-state index contributed by atoms with van der Waals surface area (Å²) in [5.41, 5.74) is 7.10. The fourth-order valence-electron chi connectivity index (χ4n) is 7.31. The van der Waals surface area contributed by atoms with Crippen LogP contribution in [0, 0.1) is 0 Å². The van der Waals surface area contributed by atoms with Gasteiger partial charge in [0.25, 0.3) is 0 Å². The Morgan fingerprint density at radius 3 is 1.17 bits per heavy atom. The van der Waals surface area contributed by atoms with Crippen molar-refractivity contribution < 1.29 is 0 Å². The molecular formula is C45H41N3. The lowest BCUT2D eigenvalue weighted by atomic mass is 9.76. The Morgan fingerprint density at radius 1 is 0.500 bits per heavy atom. The first-order chi connectivity index (χ1) is 23.7. The van der Waals surface area contributed by atoms with Gasteiger partial charge in [-0.25, -0.2) is 4.98 Å². The first-order valence-corrected chi connectivity index (χ1v) is 16.9. The minimum Gasteiger partial charge on any atom is -0.319 e. The van der Waals surface area contributed by atoms with E-state index in [0.29, 0.717) is 0 Å². The van der Waals surface area contributed by atoms with Gasteiger partial charge in [0, 0.05) is 18.7 Å². The number of nitrogens with zero attached hydrogens (tertiary/aromatic N) is 2. The number of hydrogen-bond donors (Lipinski definition) is 1. The number of hydrogen-bond acceptors (Lipinski definition) is 2. The van der Waals surface area contributed by atoms with Gasteiger partial charge in [0.2, 0.25) is 0 Å². The van der Waals surface area contributed by atoms with Crippen LogP contribution in [-0.4, -0.2) is 15.6 Å². The molecule has 1 heterocycles. The Kier molecular flexibility index (Phi) is 9.13. The molecule has 236 valence electrons. The highest BCUT2D eigenvalue weighted by Crippen LogP contribution is 2.41. The van der Waals surface area contributed by atoms with Crippen LogP contribution in [0.4, 0.5) is 0 Å². The van der Waals surface area contributed by atoms with Gasteiger partial charge in [0.15, 0.2) is 0 Å². The summed E-state index contributed by atoms with van der Waals surface area (Å²) >= 11 is 0. The molecule has 0 bridgehead atoms. The molecule has 48 heavy (non-hydrogen) atoms. The van der Waals surface area contributed by atoms with Crippen molar-refractivity contribution in [2.24, 2.45) is 0 Å². The van der Waals surface area contributed by atoms with Crippen LogP contribution >= 0.6 is 0 Å². The van der Waals surface area contributed by atoms with Crippen molar-refractivity contribution in [3.63, 3.8) is 0 Å². The average Bonchev–Trinajstić information content (AvgIpc) is 3.64. The van der Waals surface area contributed by atoms with E-state index in [0.717, 1.165) is 18.5 Å². The molecule has 0 saturated heterocycles. The molecule has 0 aliphatic carbocycles.